The molecule has 0 saturated heterocycles. The van der Waals surface area contributed by atoms with Crippen molar-refractivity contribution >= 4 is 37.4 Å². The maximum Gasteiger partial charge on any atom is 0.181 e. The molecule has 3 aromatic carbocycles. The lowest BCUT2D eigenvalue weighted by molar-refractivity contribution is 0.717. The molecule has 0 aliphatic heterocycles. The van der Waals surface area contributed by atoms with Crippen molar-refractivity contribution in [2.24, 2.45) is 0 Å². The molecule has 0 radical (unpaired) electrons. The highest BCUT2D eigenvalue weighted by Gasteiger charge is 2.43. The number of hydrogen-bond donors (Lipinski definition) is 0. The van der Waals surface area contributed by atoms with Crippen molar-refractivity contribution in [1.29, 1.82) is 0 Å². The van der Waals surface area contributed by atoms with Crippen molar-refractivity contribution in [2.45, 2.75) is 32.6 Å². The van der Waals surface area contributed by atoms with Crippen LogP contribution in [0.1, 0.15) is 31.7 Å². The Balaban J connectivity index is 1.98. The average molecular weight is 412 g/mol. The number of rotatable bonds is 7. The molecule has 0 aliphatic carbocycles. The Labute approximate surface area is 160 Å². The molecule has 0 spiro atoms. The zero-order valence-corrected chi connectivity index (χ0v) is 17.2. The van der Waals surface area contributed by atoms with Crippen LogP contribution in [0.5, 0.6) is 0 Å². The molecule has 0 heterocycles. The zero-order chi connectivity index (χ0) is 17.5. The first-order chi connectivity index (χ1) is 12.2. The maximum absolute atomic E-state index is 4.21. The highest BCUT2D eigenvalue weighted by atomic mass is 79.9. The molecular weight excluding hydrogens is 387 g/mol. The van der Waals surface area contributed by atoms with Crippen molar-refractivity contribution in [1.82, 2.24) is 0 Å². The van der Waals surface area contributed by atoms with Gasteiger partial charge in [-0.3, -0.25) is 0 Å². The summed E-state index contributed by atoms with van der Waals surface area (Å²) >= 11 is 4.21. The Morgan fingerprint density at radius 1 is 0.640 bits per heavy atom. The van der Waals surface area contributed by atoms with Gasteiger partial charge in [0.2, 0.25) is 0 Å². The van der Waals surface area contributed by atoms with E-state index in [9.17, 15) is 0 Å². The van der Waals surface area contributed by atoms with Crippen LogP contribution in [0.15, 0.2) is 84.9 Å². The number of aryl methyl sites for hydroxylation is 1. The molecular formula is C23H25BrP+. The molecule has 3 rings (SSSR count). The lowest BCUT2D eigenvalue weighted by Crippen LogP contribution is -2.26. The molecule has 0 N–H and O–H groups in total. The van der Waals surface area contributed by atoms with Crippen LogP contribution in [0.2, 0.25) is 0 Å². The van der Waals surface area contributed by atoms with Gasteiger partial charge in [0.25, 0.3) is 0 Å². The monoisotopic (exact) mass is 411 g/mol. The summed E-state index contributed by atoms with van der Waals surface area (Å²) in [6.07, 6.45) is 5.04. The van der Waals surface area contributed by atoms with Crippen molar-refractivity contribution < 1.29 is 0 Å². The van der Waals surface area contributed by atoms with E-state index in [0.717, 1.165) is 0 Å². The third-order valence-corrected chi connectivity index (χ3v) is 11.3. The normalized spacial score (nSPS) is 11.4. The highest BCUT2D eigenvalue weighted by molar-refractivity contribution is 9.44. The summed E-state index contributed by atoms with van der Waals surface area (Å²) in [5, 5.41) is 4.10. The molecule has 2 heteroatoms. The molecule has 0 aliphatic rings. The van der Waals surface area contributed by atoms with Crippen LogP contribution in [0.25, 0.3) is 0 Å². The van der Waals surface area contributed by atoms with Gasteiger partial charge in [-0.05, 0) is 54.8 Å². The van der Waals surface area contributed by atoms with E-state index < -0.39 is 5.96 Å². The van der Waals surface area contributed by atoms with Gasteiger partial charge in [-0.25, -0.2) is 0 Å². The van der Waals surface area contributed by atoms with Gasteiger partial charge in [-0.2, -0.15) is 0 Å². The molecule has 0 aromatic heterocycles. The second kappa shape index (κ2) is 8.79. The van der Waals surface area contributed by atoms with E-state index in [1.165, 1.54) is 47.2 Å². The summed E-state index contributed by atoms with van der Waals surface area (Å²) in [5.74, 6) is -1.77. The molecule has 25 heavy (non-hydrogen) atoms. The fourth-order valence-electron chi connectivity index (χ4n) is 3.16. The van der Waals surface area contributed by atoms with E-state index in [-0.39, 0.29) is 0 Å². The second-order valence-corrected chi connectivity index (χ2v) is 12.3. The quantitative estimate of drug-likeness (QED) is 0.329. The minimum atomic E-state index is -1.77. The lowest BCUT2D eigenvalue weighted by atomic mass is 10.1. The third kappa shape index (κ3) is 4.22. The van der Waals surface area contributed by atoms with Gasteiger partial charge in [-0.15, -0.1) is 0 Å². The zero-order valence-electron chi connectivity index (χ0n) is 14.7. The van der Waals surface area contributed by atoms with Gasteiger partial charge in [0.1, 0.15) is 15.9 Å². The summed E-state index contributed by atoms with van der Waals surface area (Å²) in [6, 6.07) is 30.9. The van der Waals surface area contributed by atoms with Gasteiger partial charge in [0.05, 0.1) is 0 Å². The third-order valence-electron chi connectivity index (χ3n) is 4.59. The summed E-state index contributed by atoms with van der Waals surface area (Å²) in [6.45, 7) is 2.26. The van der Waals surface area contributed by atoms with Crippen molar-refractivity contribution in [3.05, 3.63) is 90.5 Å². The smallest absolute Gasteiger partial charge is 0.0654 e. The second-order valence-electron chi connectivity index (χ2n) is 6.38. The number of unbranched alkanes of at least 4 members (excludes halogenated alkanes) is 2. The van der Waals surface area contributed by atoms with Gasteiger partial charge in [0.15, 0.2) is 21.5 Å². The summed E-state index contributed by atoms with van der Waals surface area (Å²) in [5.41, 5.74) is 1.44. The first-order valence-corrected chi connectivity index (χ1v) is 12.9. The fraction of sp³-hybridized carbons (Fsp3) is 0.217. The fourth-order valence-corrected chi connectivity index (χ4v) is 7.91. The van der Waals surface area contributed by atoms with E-state index in [4.69, 9.17) is 0 Å². The SMILES string of the molecule is CCCCCc1ccc([P+](Br)(c2ccccc2)c2ccccc2)cc1. The Morgan fingerprint density at radius 2 is 1.12 bits per heavy atom. The molecule has 0 amide bonds. The van der Waals surface area contributed by atoms with Gasteiger partial charge in [0, 0.05) is 0 Å². The predicted octanol–water partition coefficient (Wildman–Crippen LogP) is 6.02. The van der Waals surface area contributed by atoms with Gasteiger partial charge in [-0.1, -0.05) is 68.3 Å². The number of halogens is 1. The van der Waals surface area contributed by atoms with Crippen LogP contribution in [0.3, 0.4) is 0 Å². The number of hydrogen-bond acceptors (Lipinski definition) is 0. The van der Waals surface area contributed by atoms with Crippen molar-refractivity contribution in [2.75, 3.05) is 0 Å². The minimum Gasteiger partial charge on any atom is -0.0654 e. The van der Waals surface area contributed by atoms with Crippen molar-refractivity contribution in [3.8, 4) is 0 Å². The van der Waals surface area contributed by atoms with Crippen LogP contribution < -0.4 is 15.9 Å². The Morgan fingerprint density at radius 3 is 1.60 bits per heavy atom. The molecule has 0 nitrogen and oxygen atoms in total. The van der Waals surface area contributed by atoms with Crippen LogP contribution >= 0.6 is 21.5 Å². The molecule has 0 saturated carbocycles. The highest BCUT2D eigenvalue weighted by Crippen LogP contribution is 2.62. The van der Waals surface area contributed by atoms with E-state index >= 15 is 0 Å². The first kappa shape index (κ1) is 18.4. The molecule has 0 unspecified atom stereocenters. The molecule has 0 bridgehead atoms. The largest absolute Gasteiger partial charge is 0.181 e. The average Bonchev–Trinajstić information content (AvgIpc) is 2.69. The molecule has 0 atom stereocenters. The van der Waals surface area contributed by atoms with E-state index in [0.29, 0.717) is 0 Å². The standard InChI is InChI=1S/C23H25BrP/c1-2-3-6-11-20-16-18-23(19-17-20)25(24,21-12-7-4-8-13-21)22-14-9-5-10-15-22/h4-5,7-10,12-19H,2-3,6,11H2,1H3/q+1. The summed E-state index contributed by atoms with van der Waals surface area (Å²) in [4.78, 5) is 0. The van der Waals surface area contributed by atoms with E-state index in [1.807, 2.05) is 0 Å². The van der Waals surface area contributed by atoms with Crippen LogP contribution in [0.4, 0.5) is 0 Å². The Hall–Kier alpha value is -1.43. The lowest BCUT2D eigenvalue weighted by Gasteiger charge is -2.20. The Bertz CT molecular complexity index is 727. The minimum absolute atomic E-state index is 1.18. The van der Waals surface area contributed by atoms with Crippen LogP contribution in [-0.2, 0) is 6.42 Å². The van der Waals surface area contributed by atoms with Crippen LogP contribution in [0, 0.1) is 0 Å². The first-order valence-electron chi connectivity index (χ1n) is 9.04. The van der Waals surface area contributed by atoms with Gasteiger partial charge < -0.3 is 0 Å². The summed E-state index contributed by atoms with van der Waals surface area (Å²) < 4.78 is 0. The maximum atomic E-state index is 4.21. The Kier molecular flexibility index (Phi) is 6.45. The van der Waals surface area contributed by atoms with E-state index in [1.54, 1.807) is 0 Å². The summed E-state index contributed by atoms with van der Waals surface area (Å²) in [7, 11) is 0. The van der Waals surface area contributed by atoms with Crippen LogP contribution in [-0.4, -0.2) is 0 Å². The van der Waals surface area contributed by atoms with E-state index in [2.05, 4.69) is 107 Å². The molecule has 3 aromatic rings. The van der Waals surface area contributed by atoms with Gasteiger partial charge >= 0.3 is 0 Å². The number of benzene rings is 3. The molecule has 128 valence electrons. The molecule has 0 fully saturated rings. The topological polar surface area (TPSA) is 0 Å². The predicted molar refractivity (Wildman–Crippen MR) is 117 cm³/mol. The van der Waals surface area contributed by atoms with Crippen molar-refractivity contribution in [3.63, 3.8) is 0 Å².